The summed E-state index contributed by atoms with van der Waals surface area (Å²) in [4.78, 5) is 2.59. The molecule has 1 saturated carbocycles. The third-order valence-corrected chi connectivity index (χ3v) is 7.87. The largest absolute Gasteiger partial charge is 0.381 e. The Kier molecular flexibility index (Phi) is 6.60. The molecule has 1 aromatic carbocycles. The van der Waals surface area contributed by atoms with Crippen molar-refractivity contribution in [2.75, 3.05) is 38.2 Å². The van der Waals surface area contributed by atoms with Gasteiger partial charge in [0, 0.05) is 44.8 Å². The highest BCUT2D eigenvalue weighted by atomic mass is 19.3. The van der Waals surface area contributed by atoms with Gasteiger partial charge in [0.05, 0.1) is 17.9 Å². The highest BCUT2D eigenvalue weighted by molar-refractivity contribution is 5.66. The van der Waals surface area contributed by atoms with Crippen LogP contribution in [0.3, 0.4) is 0 Å². The maximum atomic E-state index is 14.6. The molecule has 3 fully saturated rings. The van der Waals surface area contributed by atoms with Crippen LogP contribution >= 0.6 is 0 Å². The van der Waals surface area contributed by atoms with E-state index in [0.717, 1.165) is 69.3 Å². The Bertz CT molecular complexity index is 1000. The van der Waals surface area contributed by atoms with E-state index in [1.54, 1.807) is 0 Å². The summed E-state index contributed by atoms with van der Waals surface area (Å²) >= 11 is 0. The van der Waals surface area contributed by atoms with Crippen LogP contribution in [-0.2, 0) is 10.7 Å². The van der Waals surface area contributed by atoms with Gasteiger partial charge in [-0.05, 0) is 75.0 Å². The number of aromatic nitrogens is 2. The third-order valence-electron chi connectivity index (χ3n) is 7.87. The van der Waals surface area contributed by atoms with Crippen molar-refractivity contribution in [1.29, 1.82) is 0 Å². The number of nitrogens with one attached hydrogen (secondary N) is 1. The standard InChI is InChI=1S/C27H36F2N4O/c1-17-6-7-18(2)23(9-17)25-12-24(27(3,28)29)26(32-31-25)30-22-10-20-14-33(15-21(20)11-22)13-19-5-4-8-34-16-19/h6-7,9,12,19-22H,4-5,8,10-11,13-16H2,1-3H3,(H,30,32)/t19?,20-,21+,22+. The Morgan fingerprint density at radius 2 is 1.88 bits per heavy atom. The van der Waals surface area contributed by atoms with Crippen molar-refractivity contribution < 1.29 is 13.5 Å². The first kappa shape index (κ1) is 23.6. The topological polar surface area (TPSA) is 50.3 Å². The molecule has 0 spiro atoms. The maximum Gasteiger partial charge on any atom is 0.274 e. The highest BCUT2D eigenvalue weighted by Crippen LogP contribution is 2.41. The zero-order valence-corrected chi connectivity index (χ0v) is 20.5. The number of likely N-dealkylation sites (tertiary alicyclic amines) is 1. The van der Waals surface area contributed by atoms with Crippen molar-refractivity contribution in [2.24, 2.45) is 17.8 Å². The summed E-state index contributed by atoms with van der Waals surface area (Å²) in [5, 5.41) is 12.0. The lowest BCUT2D eigenvalue weighted by atomic mass is 10.0. The van der Waals surface area contributed by atoms with Gasteiger partial charge in [-0.2, -0.15) is 0 Å². The minimum absolute atomic E-state index is 0.0746. The maximum absolute atomic E-state index is 14.6. The van der Waals surface area contributed by atoms with Gasteiger partial charge >= 0.3 is 0 Å². The minimum atomic E-state index is -3.00. The Morgan fingerprint density at radius 3 is 2.56 bits per heavy atom. The van der Waals surface area contributed by atoms with Gasteiger partial charge in [-0.15, -0.1) is 10.2 Å². The fraction of sp³-hybridized carbons (Fsp3) is 0.630. The van der Waals surface area contributed by atoms with Gasteiger partial charge in [0.1, 0.15) is 0 Å². The van der Waals surface area contributed by atoms with Gasteiger partial charge < -0.3 is 15.0 Å². The molecular weight excluding hydrogens is 434 g/mol. The van der Waals surface area contributed by atoms with E-state index in [2.05, 4.69) is 20.4 Å². The van der Waals surface area contributed by atoms with Crippen molar-refractivity contribution in [3.63, 3.8) is 0 Å². The molecule has 1 aliphatic carbocycles. The average molecular weight is 471 g/mol. The van der Waals surface area contributed by atoms with Crippen LogP contribution in [0.4, 0.5) is 14.6 Å². The van der Waals surface area contributed by atoms with E-state index in [1.807, 2.05) is 32.0 Å². The number of fused-ring (bicyclic) bond motifs is 1. The number of anilines is 1. The summed E-state index contributed by atoms with van der Waals surface area (Å²) < 4.78 is 34.9. The first-order valence-electron chi connectivity index (χ1n) is 12.7. The van der Waals surface area contributed by atoms with Gasteiger partial charge in [-0.3, -0.25) is 0 Å². The van der Waals surface area contributed by atoms with Crippen LogP contribution < -0.4 is 5.32 Å². The first-order chi connectivity index (χ1) is 16.3. The summed E-state index contributed by atoms with van der Waals surface area (Å²) in [7, 11) is 0. The molecule has 0 radical (unpaired) electrons. The van der Waals surface area contributed by atoms with E-state index in [9.17, 15) is 8.78 Å². The van der Waals surface area contributed by atoms with E-state index in [1.165, 1.54) is 18.9 Å². The average Bonchev–Trinajstić information content (AvgIpc) is 3.33. The Hall–Kier alpha value is -2.12. The van der Waals surface area contributed by atoms with E-state index >= 15 is 0 Å². The van der Waals surface area contributed by atoms with E-state index < -0.39 is 5.92 Å². The lowest BCUT2D eigenvalue weighted by Gasteiger charge is -2.28. The molecule has 5 rings (SSSR count). The molecule has 2 aromatic rings. The lowest BCUT2D eigenvalue weighted by molar-refractivity contribution is 0.0178. The monoisotopic (exact) mass is 470 g/mol. The molecule has 1 unspecified atom stereocenters. The summed E-state index contributed by atoms with van der Waals surface area (Å²) in [6.07, 6.45) is 4.43. The summed E-state index contributed by atoms with van der Waals surface area (Å²) in [5.41, 5.74) is 3.34. The first-order valence-corrected chi connectivity index (χ1v) is 12.7. The lowest BCUT2D eigenvalue weighted by Crippen LogP contribution is -2.33. The van der Waals surface area contributed by atoms with Crippen molar-refractivity contribution in [3.05, 3.63) is 41.0 Å². The molecule has 2 aliphatic heterocycles. The predicted molar refractivity (Wildman–Crippen MR) is 130 cm³/mol. The third kappa shape index (κ3) is 5.10. The Morgan fingerprint density at radius 1 is 1.12 bits per heavy atom. The van der Waals surface area contributed by atoms with Gasteiger partial charge in [0.2, 0.25) is 0 Å². The summed E-state index contributed by atoms with van der Waals surface area (Å²) in [5.74, 6) is -0.882. The van der Waals surface area contributed by atoms with Crippen LogP contribution in [0.1, 0.15) is 49.3 Å². The second-order valence-corrected chi connectivity index (χ2v) is 10.8. The smallest absolute Gasteiger partial charge is 0.274 e. The second-order valence-electron chi connectivity index (χ2n) is 10.8. The molecule has 1 N–H and O–H groups in total. The van der Waals surface area contributed by atoms with Crippen LogP contribution in [-0.4, -0.2) is 54.0 Å². The molecular formula is C27H36F2N4O. The molecule has 7 heteroatoms. The molecule has 0 amide bonds. The number of hydrogen-bond donors (Lipinski definition) is 1. The van der Waals surface area contributed by atoms with Crippen LogP contribution in [0.25, 0.3) is 11.3 Å². The summed E-state index contributed by atoms with van der Waals surface area (Å²) in [6.45, 7) is 10.0. The Balaban J connectivity index is 1.26. The molecule has 1 aromatic heterocycles. The number of hydrogen-bond acceptors (Lipinski definition) is 5. The number of benzene rings is 1. The number of aryl methyl sites for hydroxylation is 2. The number of ether oxygens (including phenoxy) is 1. The zero-order valence-electron chi connectivity index (χ0n) is 20.5. The van der Waals surface area contributed by atoms with Gasteiger partial charge in [-0.1, -0.05) is 17.7 Å². The molecule has 3 heterocycles. The van der Waals surface area contributed by atoms with Crippen molar-refractivity contribution in [2.45, 2.75) is 58.4 Å². The normalized spacial score (nSPS) is 27.7. The highest BCUT2D eigenvalue weighted by Gasteiger charge is 2.42. The molecule has 184 valence electrons. The van der Waals surface area contributed by atoms with Gasteiger partial charge in [0.25, 0.3) is 5.92 Å². The predicted octanol–water partition coefficient (Wildman–Crippen LogP) is 5.42. The van der Waals surface area contributed by atoms with Crippen molar-refractivity contribution >= 4 is 5.82 Å². The number of rotatable bonds is 6. The fourth-order valence-corrected chi connectivity index (χ4v) is 6.15. The van der Waals surface area contributed by atoms with Crippen LogP contribution in [0.15, 0.2) is 24.3 Å². The van der Waals surface area contributed by atoms with E-state index in [-0.39, 0.29) is 17.4 Å². The van der Waals surface area contributed by atoms with Crippen molar-refractivity contribution in [3.8, 4) is 11.3 Å². The van der Waals surface area contributed by atoms with Gasteiger partial charge in [0.15, 0.2) is 5.82 Å². The molecule has 0 bridgehead atoms. The molecule has 34 heavy (non-hydrogen) atoms. The number of alkyl halides is 2. The van der Waals surface area contributed by atoms with Gasteiger partial charge in [-0.25, -0.2) is 8.78 Å². The van der Waals surface area contributed by atoms with Crippen LogP contribution in [0.5, 0.6) is 0 Å². The summed E-state index contributed by atoms with van der Waals surface area (Å²) in [6, 6.07) is 7.66. The molecule has 4 atom stereocenters. The minimum Gasteiger partial charge on any atom is -0.381 e. The quantitative estimate of drug-likeness (QED) is 0.611. The number of halogens is 2. The molecule has 2 saturated heterocycles. The second kappa shape index (κ2) is 9.50. The van der Waals surface area contributed by atoms with Crippen LogP contribution in [0.2, 0.25) is 0 Å². The molecule has 5 nitrogen and oxygen atoms in total. The van der Waals surface area contributed by atoms with Crippen LogP contribution in [0, 0.1) is 31.6 Å². The van der Waals surface area contributed by atoms with E-state index in [4.69, 9.17) is 4.74 Å². The molecule has 3 aliphatic rings. The fourth-order valence-electron chi connectivity index (χ4n) is 6.15. The zero-order chi connectivity index (χ0) is 23.9. The van der Waals surface area contributed by atoms with Crippen molar-refractivity contribution in [1.82, 2.24) is 15.1 Å². The SMILES string of the molecule is Cc1ccc(C)c(-c2cc(C(C)(F)F)c(N[C@H]3C[C@@H]4CN(CC5CCCOC5)C[C@@H]4C3)nn2)c1. The Labute approximate surface area is 201 Å². The number of nitrogens with zero attached hydrogens (tertiary/aromatic N) is 3. The van der Waals surface area contributed by atoms with E-state index in [0.29, 0.717) is 23.4 Å².